The minimum absolute atomic E-state index is 0.188. The van der Waals surface area contributed by atoms with E-state index in [1.807, 2.05) is 41.1 Å². The minimum Gasteiger partial charge on any atom is -0.367 e. The summed E-state index contributed by atoms with van der Waals surface area (Å²) in [6, 6.07) is 22.2. The Kier molecular flexibility index (Phi) is 6.57. The molecule has 0 unspecified atom stereocenters. The molecule has 1 aliphatic heterocycles. The number of hydrogen-bond donors (Lipinski definition) is 1. The topological polar surface area (TPSA) is 59.4 Å². The van der Waals surface area contributed by atoms with E-state index in [1.165, 1.54) is 5.56 Å². The van der Waals surface area contributed by atoms with Crippen molar-refractivity contribution in [2.75, 3.05) is 25.5 Å². The number of benzene rings is 2. The van der Waals surface area contributed by atoms with Crippen molar-refractivity contribution < 1.29 is 9.53 Å². The van der Waals surface area contributed by atoms with E-state index in [-0.39, 0.29) is 11.9 Å². The molecule has 2 heterocycles. The molecule has 6 nitrogen and oxygen atoms in total. The van der Waals surface area contributed by atoms with E-state index in [9.17, 15) is 4.79 Å². The predicted molar refractivity (Wildman–Crippen MR) is 117 cm³/mol. The van der Waals surface area contributed by atoms with Gasteiger partial charge in [-0.3, -0.25) is 9.69 Å². The molecule has 30 heavy (non-hydrogen) atoms. The zero-order chi connectivity index (χ0) is 20.8. The van der Waals surface area contributed by atoms with E-state index < -0.39 is 6.10 Å². The van der Waals surface area contributed by atoms with Gasteiger partial charge < -0.3 is 10.1 Å². The van der Waals surface area contributed by atoms with Crippen molar-refractivity contribution in [2.45, 2.75) is 31.5 Å². The molecule has 1 aliphatic rings. The first-order valence-electron chi connectivity index (χ1n) is 10.4. The summed E-state index contributed by atoms with van der Waals surface area (Å²) >= 11 is 0. The van der Waals surface area contributed by atoms with E-state index in [1.54, 1.807) is 13.3 Å². The highest BCUT2D eigenvalue weighted by atomic mass is 16.5. The van der Waals surface area contributed by atoms with Gasteiger partial charge >= 0.3 is 0 Å². The summed E-state index contributed by atoms with van der Waals surface area (Å²) < 4.78 is 7.41. The standard InChI is InChI=1S/C24H28N4O2/c1-30-23(20-10-6-3-7-11-20)24(29)26-22-12-15-25-28(22)21-13-16-27(17-14-21)18-19-8-4-2-5-9-19/h2-12,15,21,23H,13-14,16-18H2,1H3,(H,26,29)/t23-/m1/s1. The number of ether oxygens (including phenoxy) is 1. The first-order chi connectivity index (χ1) is 14.7. The second-order valence-corrected chi connectivity index (χ2v) is 7.67. The summed E-state index contributed by atoms with van der Waals surface area (Å²) in [5.74, 6) is 0.534. The summed E-state index contributed by atoms with van der Waals surface area (Å²) in [7, 11) is 1.55. The van der Waals surface area contributed by atoms with Crippen LogP contribution in [0.3, 0.4) is 0 Å². The van der Waals surface area contributed by atoms with Crippen LogP contribution in [0, 0.1) is 0 Å². The van der Waals surface area contributed by atoms with Gasteiger partial charge in [-0.15, -0.1) is 0 Å². The van der Waals surface area contributed by atoms with Gasteiger partial charge in [-0.2, -0.15) is 5.10 Å². The Labute approximate surface area is 177 Å². The van der Waals surface area contributed by atoms with Gasteiger partial charge in [0.2, 0.25) is 0 Å². The fourth-order valence-corrected chi connectivity index (χ4v) is 4.08. The number of methoxy groups -OCH3 is 1. The molecule has 0 spiro atoms. The van der Waals surface area contributed by atoms with Crippen LogP contribution in [0.2, 0.25) is 0 Å². The summed E-state index contributed by atoms with van der Waals surface area (Å²) in [5.41, 5.74) is 2.17. The van der Waals surface area contributed by atoms with Gasteiger partial charge in [0, 0.05) is 32.8 Å². The fourth-order valence-electron chi connectivity index (χ4n) is 4.08. The third-order valence-corrected chi connectivity index (χ3v) is 5.65. The predicted octanol–water partition coefficient (Wildman–Crippen LogP) is 4.05. The van der Waals surface area contributed by atoms with Gasteiger partial charge in [0.1, 0.15) is 5.82 Å². The molecular formula is C24H28N4O2. The highest BCUT2D eigenvalue weighted by Gasteiger charge is 2.25. The Bertz CT molecular complexity index is 934. The first kappa shape index (κ1) is 20.3. The maximum atomic E-state index is 12.8. The number of aromatic nitrogens is 2. The molecule has 156 valence electrons. The molecule has 4 rings (SSSR count). The highest BCUT2D eigenvalue weighted by Crippen LogP contribution is 2.27. The third kappa shape index (κ3) is 4.78. The van der Waals surface area contributed by atoms with Crippen LogP contribution >= 0.6 is 0 Å². The summed E-state index contributed by atoms with van der Waals surface area (Å²) in [5, 5.41) is 7.51. The molecule has 0 radical (unpaired) electrons. The van der Waals surface area contributed by atoms with Crippen molar-refractivity contribution in [3.05, 3.63) is 84.1 Å². The number of anilines is 1. The Morgan fingerprint density at radius 3 is 2.40 bits per heavy atom. The number of nitrogens with one attached hydrogen (secondary N) is 1. The van der Waals surface area contributed by atoms with Crippen LogP contribution in [0.4, 0.5) is 5.82 Å². The number of piperidine rings is 1. The number of rotatable bonds is 7. The van der Waals surface area contributed by atoms with E-state index >= 15 is 0 Å². The minimum atomic E-state index is -0.651. The largest absolute Gasteiger partial charge is 0.367 e. The van der Waals surface area contributed by atoms with Crippen molar-refractivity contribution in [3.63, 3.8) is 0 Å². The van der Waals surface area contributed by atoms with Crippen molar-refractivity contribution in [2.24, 2.45) is 0 Å². The van der Waals surface area contributed by atoms with Crippen LogP contribution in [-0.4, -0.2) is 40.8 Å². The molecule has 0 saturated carbocycles. The van der Waals surface area contributed by atoms with Gasteiger partial charge in [0.25, 0.3) is 5.91 Å². The van der Waals surface area contributed by atoms with Gasteiger partial charge in [0.15, 0.2) is 6.10 Å². The average molecular weight is 405 g/mol. The molecule has 6 heteroatoms. The van der Waals surface area contributed by atoms with Crippen LogP contribution < -0.4 is 5.32 Å². The van der Waals surface area contributed by atoms with Crippen molar-refractivity contribution >= 4 is 11.7 Å². The monoisotopic (exact) mass is 404 g/mol. The maximum absolute atomic E-state index is 12.8. The van der Waals surface area contributed by atoms with Crippen LogP contribution in [-0.2, 0) is 16.1 Å². The lowest BCUT2D eigenvalue weighted by Gasteiger charge is -2.32. The molecule has 1 saturated heterocycles. The van der Waals surface area contributed by atoms with Crippen molar-refractivity contribution in [3.8, 4) is 0 Å². The zero-order valence-corrected chi connectivity index (χ0v) is 17.3. The quantitative estimate of drug-likeness (QED) is 0.646. The Morgan fingerprint density at radius 2 is 1.73 bits per heavy atom. The first-order valence-corrected chi connectivity index (χ1v) is 10.4. The van der Waals surface area contributed by atoms with E-state index in [0.717, 1.165) is 43.9 Å². The molecule has 1 aromatic heterocycles. The summed E-state index contributed by atoms with van der Waals surface area (Å²) in [6.45, 7) is 3.00. The van der Waals surface area contributed by atoms with Crippen LogP contribution in [0.25, 0.3) is 0 Å². The number of carbonyl (C=O) groups excluding carboxylic acids is 1. The molecule has 0 bridgehead atoms. The molecular weight excluding hydrogens is 376 g/mol. The second kappa shape index (κ2) is 9.69. The number of amides is 1. The SMILES string of the molecule is CO[C@@H](C(=O)Nc1ccnn1C1CCN(Cc2ccccc2)CC1)c1ccccc1. The lowest BCUT2D eigenvalue weighted by molar-refractivity contribution is -0.126. The molecule has 3 aromatic rings. The maximum Gasteiger partial charge on any atom is 0.259 e. The van der Waals surface area contributed by atoms with Gasteiger partial charge in [-0.1, -0.05) is 60.7 Å². The number of hydrogen-bond acceptors (Lipinski definition) is 4. The lowest BCUT2D eigenvalue weighted by Crippen LogP contribution is -2.35. The van der Waals surface area contributed by atoms with Crippen LogP contribution in [0.1, 0.15) is 36.1 Å². The molecule has 1 fully saturated rings. The van der Waals surface area contributed by atoms with Crippen molar-refractivity contribution in [1.29, 1.82) is 0 Å². The summed E-state index contributed by atoms with van der Waals surface area (Å²) in [6.07, 6.45) is 3.10. The molecule has 1 atom stereocenters. The smallest absolute Gasteiger partial charge is 0.259 e. The number of nitrogens with zero attached hydrogens (tertiary/aromatic N) is 3. The van der Waals surface area contributed by atoms with Crippen molar-refractivity contribution in [1.82, 2.24) is 14.7 Å². The average Bonchev–Trinajstić information content (AvgIpc) is 3.24. The normalized spacial score (nSPS) is 16.3. The van der Waals surface area contributed by atoms with Crippen LogP contribution in [0.15, 0.2) is 72.9 Å². The highest BCUT2D eigenvalue weighted by molar-refractivity contribution is 5.94. The Morgan fingerprint density at radius 1 is 1.07 bits per heavy atom. The summed E-state index contributed by atoms with van der Waals surface area (Å²) in [4.78, 5) is 15.3. The Balaban J connectivity index is 1.37. The molecule has 1 N–H and O–H groups in total. The zero-order valence-electron chi connectivity index (χ0n) is 17.3. The molecule has 0 aliphatic carbocycles. The third-order valence-electron chi connectivity index (χ3n) is 5.65. The van der Waals surface area contributed by atoms with E-state index in [4.69, 9.17) is 4.74 Å². The Hall–Kier alpha value is -2.96. The second-order valence-electron chi connectivity index (χ2n) is 7.67. The van der Waals surface area contributed by atoms with E-state index in [2.05, 4.69) is 45.6 Å². The fraction of sp³-hybridized carbons (Fsp3) is 0.333. The van der Waals surface area contributed by atoms with Gasteiger partial charge in [-0.25, -0.2) is 4.68 Å². The lowest BCUT2D eigenvalue weighted by atomic mass is 10.0. The molecule has 2 aromatic carbocycles. The van der Waals surface area contributed by atoms with Gasteiger partial charge in [-0.05, 0) is 24.0 Å². The number of likely N-dealkylation sites (tertiary alicyclic amines) is 1. The van der Waals surface area contributed by atoms with Gasteiger partial charge in [0.05, 0.1) is 12.2 Å². The number of carbonyl (C=O) groups is 1. The molecule has 1 amide bonds. The van der Waals surface area contributed by atoms with E-state index in [0.29, 0.717) is 0 Å². The van der Waals surface area contributed by atoms with Crippen LogP contribution in [0.5, 0.6) is 0 Å².